The number of nitrogens with one attached hydrogen (secondary N) is 2. The van der Waals surface area contributed by atoms with Crippen LogP contribution in [0.2, 0.25) is 0 Å². The van der Waals surface area contributed by atoms with Crippen molar-refractivity contribution in [1.82, 2.24) is 10.6 Å². The number of hydrogen-bond donors (Lipinski definition) is 2. The number of carbonyl (C=O) groups excluding carboxylic acids is 1. The first-order valence-electron chi connectivity index (χ1n) is 6.63. The molecule has 0 aromatic carbocycles. The first-order chi connectivity index (χ1) is 8.68. The Morgan fingerprint density at radius 1 is 1.61 bits per heavy atom. The molecule has 2 unspecified atom stereocenters. The largest absolute Gasteiger partial charge is 0.356 e. The Morgan fingerprint density at radius 2 is 2.39 bits per heavy atom. The highest BCUT2D eigenvalue weighted by molar-refractivity contribution is 7.99. The Kier molecular flexibility index (Phi) is 6.51. The predicted octanol–water partition coefficient (Wildman–Crippen LogP) is 1.53. The summed E-state index contributed by atoms with van der Waals surface area (Å²) >= 11 is 1.66. The van der Waals surface area contributed by atoms with E-state index in [-0.39, 0.29) is 11.4 Å². The third-order valence-corrected chi connectivity index (χ3v) is 4.67. The summed E-state index contributed by atoms with van der Waals surface area (Å²) in [5, 5.41) is 15.3. The fourth-order valence-electron chi connectivity index (χ4n) is 2.64. The standard InChI is InChI=1S/C13H23N3OS/c1-3-16-12(17)9-18-8-6-11-5-4-7-13(11,10-14)15-2/h11,15H,3-9H2,1-2H3,(H,16,17). The topological polar surface area (TPSA) is 64.9 Å². The number of rotatable bonds is 7. The molecule has 2 atom stereocenters. The zero-order chi connectivity index (χ0) is 13.4. The van der Waals surface area contributed by atoms with E-state index >= 15 is 0 Å². The summed E-state index contributed by atoms with van der Waals surface area (Å²) in [6, 6.07) is 2.45. The SMILES string of the molecule is CCNC(=O)CSCCC1CCCC1(C#N)NC. The quantitative estimate of drug-likeness (QED) is 0.688. The van der Waals surface area contributed by atoms with E-state index in [1.54, 1.807) is 11.8 Å². The Hall–Kier alpha value is -0.730. The summed E-state index contributed by atoms with van der Waals surface area (Å²) in [7, 11) is 1.88. The van der Waals surface area contributed by atoms with E-state index in [2.05, 4.69) is 16.7 Å². The molecule has 1 aliphatic rings. The summed E-state index contributed by atoms with van der Waals surface area (Å²) in [5.41, 5.74) is -0.327. The zero-order valence-corrected chi connectivity index (χ0v) is 12.1. The Labute approximate surface area is 114 Å². The molecule has 1 saturated carbocycles. The lowest BCUT2D eigenvalue weighted by Gasteiger charge is -2.28. The van der Waals surface area contributed by atoms with Crippen molar-refractivity contribution in [2.75, 3.05) is 25.1 Å². The molecule has 5 heteroatoms. The average molecular weight is 269 g/mol. The minimum atomic E-state index is -0.327. The van der Waals surface area contributed by atoms with Gasteiger partial charge >= 0.3 is 0 Å². The molecule has 0 aromatic rings. The normalized spacial score (nSPS) is 26.8. The summed E-state index contributed by atoms with van der Waals surface area (Å²) in [6.07, 6.45) is 4.21. The molecule has 0 heterocycles. The number of thioether (sulfide) groups is 1. The first-order valence-corrected chi connectivity index (χ1v) is 7.78. The Morgan fingerprint density at radius 3 is 3.00 bits per heavy atom. The van der Waals surface area contributed by atoms with Crippen LogP contribution >= 0.6 is 11.8 Å². The Balaban J connectivity index is 2.27. The second-order valence-corrected chi connectivity index (χ2v) is 5.82. The van der Waals surface area contributed by atoms with Crippen LogP contribution in [0.4, 0.5) is 0 Å². The van der Waals surface area contributed by atoms with Gasteiger partial charge in [0.05, 0.1) is 11.8 Å². The number of amides is 1. The molecule has 102 valence electrons. The minimum Gasteiger partial charge on any atom is -0.356 e. The maximum Gasteiger partial charge on any atom is 0.229 e. The van der Waals surface area contributed by atoms with Crippen molar-refractivity contribution < 1.29 is 4.79 Å². The molecule has 0 spiro atoms. The van der Waals surface area contributed by atoms with Crippen molar-refractivity contribution in [1.29, 1.82) is 5.26 Å². The fraction of sp³-hybridized carbons (Fsp3) is 0.846. The van der Waals surface area contributed by atoms with Gasteiger partial charge in [0.25, 0.3) is 0 Å². The van der Waals surface area contributed by atoms with Crippen LogP contribution in [0.3, 0.4) is 0 Å². The molecule has 1 fully saturated rings. The molecule has 0 aromatic heterocycles. The van der Waals surface area contributed by atoms with Gasteiger partial charge in [-0.2, -0.15) is 17.0 Å². The highest BCUT2D eigenvalue weighted by atomic mass is 32.2. The van der Waals surface area contributed by atoms with E-state index < -0.39 is 0 Å². The maximum absolute atomic E-state index is 11.3. The van der Waals surface area contributed by atoms with Crippen LogP contribution in [0.15, 0.2) is 0 Å². The second kappa shape index (κ2) is 7.65. The molecular weight excluding hydrogens is 246 g/mol. The van der Waals surface area contributed by atoms with Crippen LogP contribution in [-0.2, 0) is 4.79 Å². The maximum atomic E-state index is 11.3. The summed E-state index contributed by atoms with van der Waals surface area (Å²) in [4.78, 5) is 11.3. The van der Waals surface area contributed by atoms with E-state index in [0.717, 1.165) is 31.4 Å². The van der Waals surface area contributed by atoms with Gasteiger partial charge in [0.15, 0.2) is 0 Å². The molecule has 2 N–H and O–H groups in total. The smallest absolute Gasteiger partial charge is 0.229 e. The van der Waals surface area contributed by atoms with Crippen LogP contribution in [0, 0.1) is 17.2 Å². The molecule has 0 radical (unpaired) electrons. The van der Waals surface area contributed by atoms with E-state index in [0.29, 0.717) is 18.2 Å². The van der Waals surface area contributed by atoms with Crippen LogP contribution < -0.4 is 10.6 Å². The van der Waals surface area contributed by atoms with Gasteiger partial charge in [0.2, 0.25) is 5.91 Å². The highest BCUT2D eigenvalue weighted by Crippen LogP contribution is 2.37. The van der Waals surface area contributed by atoms with Gasteiger partial charge in [-0.3, -0.25) is 4.79 Å². The molecule has 0 aliphatic heterocycles. The van der Waals surface area contributed by atoms with Gasteiger partial charge in [-0.1, -0.05) is 6.42 Å². The predicted molar refractivity (Wildman–Crippen MR) is 75.4 cm³/mol. The molecule has 18 heavy (non-hydrogen) atoms. The fourth-order valence-corrected chi connectivity index (χ4v) is 3.52. The van der Waals surface area contributed by atoms with Gasteiger partial charge in [-0.05, 0) is 44.9 Å². The van der Waals surface area contributed by atoms with Gasteiger partial charge in [-0.25, -0.2) is 0 Å². The lowest BCUT2D eigenvalue weighted by molar-refractivity contribution is -0.118. The number of nitriles is 1. The number of carbonyl (C=O) groups is 1. The van der Waals surface area contributed by atoms with Crippen molar-refractivity contribution in [3.8, 4) is 6.07 Å². The van der Waals surface area contributed by atoms with E-state index in [9.17, 15) is 10.1 Å². The summed E-state index contributed by atoms with van der Waals surface area (Å²) < 4.78 is 0. The summed E-state index contributed by atoms with van der Waals surface area (Å²) in [5.74, 6) is 2.01. The average Bonchev–Trinajstić information content (AvgIpc) is 2.78. The van der Waals surface area contributed by atoms with Crippen molar-refractivity contribution in [3.05, 3.63) is 0 Å². The van der Waals surface area contributed by atoms with Crippen LogP contribution in [0.1, 0.15) is 32.6 Å². The van der Waals surface area contributed by atoms with Gasteiger partial charge in [0.1, 0.15) is 5.54 Å². The molecule has 1 rings (SSSR count). The third kappa shape index (κ3) is 3.89. The first kappa shape index (κ1) is 15.3. The van der Waals surface area contributed by atoms with Crippen LogP contribution in [0.25, 0.3) is 0 Å². The lowest BCUT2D eigenvalue weighted by atomic mass is 9.87. The van der Waals surface area contributed by atoms with Crippen molar-refractivity contribution in [2.45, 2.75) is 38.1 Å². The highest BCUT2D eigenvalue weighted by Gasteiger charge is 2.41. The Bertz CT molecular complexity index is 316. The van der Waals surface area contributed by atoms with Crippen LogP contribution in [0.5, 0.6) is 0 Å². The number of nitrogens with zero attached hydrogens (tertiary/aromatic N) is 1. The van der Waals surface area contributed by atoms with Gasteiger partial charge in [-0.15, -0.1) is 0 Å². The zero-order valence-electron chi connectivity index (χ0n) is 11.3. The van der Waals surface area contributed by atoms with Gasteiger partial charge in [0, 0.05) is 6.54 Å². The van der Waals surface area contributed by atoms with Gasteiger partial charge < -0.3 is 10.6 Å². The van der Waals surface area contributed by atoms with Crippen molar-refractivity contribution >= 4 is 17.7 Å². The monoisotopic (exact) mass is 269 g/mol. The van der Waals surface area contributed by atoms with Crippen molar-refractivity contribution in [3.63, 3.8) is 0 Å². The third-order valence-electron chi connectivity index (χ3n) is 3.68. The number of hydrogen-bond acceptors (Lipinski definition) is 4. The van der Waals surface area contributed by atoms with Crippen molar-refractivity contribution in [2.24, 2.45) is 5.92 Å². The second-order valence-electron chi connectivity index (χ2n) is 4.72. The van der Waals surface area contributed by atoms with E-state index in [1.807, 2.05) is 14.0 Å². The molecule has 0 bridgehead atoms. The lowest BCUT2D eigenvalue weighted by Crippen LogP contribution is -2.45. The molecule has 0 saturated heterocycles. The van der Waals surface area contributed by atoms with E-state index in [4.69, 9.17) is 0 Å². The molecule has 1 aliphatic carbocycles. The molecule has 1 amide bonds. The minimum absolute atomic E-state index is 0.106. The molecule has 4 nitrogen and oxygen atoms in total. The van der Waals surface area contributed by atoms with E-state index in [1.165, 1.54) is 0 Å². The van der Waals surface area contributed by atoms with Crippen LogP contribution in [-0.4, -0.2) is 36.5 Å². The summed E-state index contributed by atoms with van der Waals surface area (Å²) in [6.45, 7) is 2.62. The molecular formula is C13H23N3OS.